The van der Waals surface area contributed by atoms with Gasteiger partial charge in [-0.3, -0.25) is 4.79 Å². The first-order chi connectivity index (χ1) is 11.4. The average molecular weight is 389 g/mol. The fraction of sp³-hybridized carbons (Fsp3) is 0.118. The molecule has 1 heterocycles. The van der Waals surface area contributed by atoms with Crippen LogP contribution in [0.2, 0.25) is 0 Å². The summed E-state index contributed by atoms with van der Waals surface area (Å²) < 4.78 is 15.3. The van der Waals surface area contributed by atoms with Crippen molar-refractivity contribution in [2.24, 2.45) is 0 Å². The number of carbonyl (C=O) groups excluding carboxylic acids is 1. The van der Waals surface area contributed by atoms with Crippen LogP contribution in [0.25, 0.3) is 5.69 Å². The molecule has 0 atom stereocenters. The number of aryl methyl sites for hydroxylation is 2. The number of amides is 1. The topological polar surface area (TPSA) is 59.8 Å². The molecule has 0 spiro atoms. The fourth-order valence-corrected chi connectivity index (χ4v) is 2.81. The Morgan fingerprint density at radius 2 is 1.88 bits per heavy atom. The van der Waals surface area contributed by atoms with E-state index >= 15 is 0 Å². The second-order valence-electron chi connectivity index (χ2n) is 5.31. The molecule has 122 valence electrons. The van der Waals surface area contributed by atoms with Crippen LogP contribution in [0.5, 0.6) is 0 Å². The summed E-state index contributed by atoms with van der Waals surface area (Å²) in [5.74, 6) is -0.166. The predicted molar refractivity (Wildman–Crippen MR) is 92.9 cm³/mol. The minimum absolute atomic E-state index is 0.0456. The first-order valence-corrected chi connectivity index (χ1v) is 8.00. The number of benzene rings is 2. The highest BCUT2D eigenvalue weighted by molar-refractivity contribution is 9.10. The Morgan fingerprint density at radius 3 is 2.54 bits per heavy atom. The van der Waals surface area contributed by atoms with Crippen LogP contribution in [0.15, 0.2) is 46.9 Å². The SMILES string of the molecule is Cc1ccc(NC(=O)c2nc(C)n(-c3ccc(F)cc3)n2)c(Br)c1. The molecule has 3 rings (SSSR count). The van der Waals surface area contributed by atoms with Crippen molar-refractivity contribution < 1.29 is 9.18 Å². The molecule has 7 heteroatoms. The molecule has 0 aliphatic carbocycles. The fourth-order valence-electron chi connectivity index (χ4n) is 2.21. The number of nitrogens with zero attached hydrogens (tertiary/aromatic N) is 3. The zero-order valence-corrected chi connectivity index (χ0v) is 14.6. The summed E-state index contributed by atoms with van der Waals surface area (Å²) in [7, 11) is 0. The molecule has 0 aliphatic heterocycles. The average Bonchev–Trinajstić information content (AvgIpc) is 2.93. The lowest BCUT2D eigenvalue weighted by atomic mass is 10.2. The molecule has 0 fully saturated rings. The van der Waals surface area contributed by atoms with Crippen LogP contribution in [0.3, 0.4) is 0 Å². The van der Waals surface area contributed by atoms with Crippen molar-refractivity contribution in [3.8, 4) is 5.69 Å². The maximum Gasteiger partial charge on any atom is 0.295 e. The van der Waals surface area contributed by atoms with E-state index in [1.807, 2.05) is 19.1 Å². The summed E-state index contributed by atoms with van der Waals surface area (Å²) in [4.78, 5) is 16.6. The highest BCUT2D eigenvalue weighted by atomic mass is 79.9. The van der Waals surface area contributed by atoms with Crippen LogP contribution >= 0.6 is 15.9 Å². The smallest absolute Gasteiger partial charge is 0.295 e. The largest absolute Gasteiger partial charge is 0.318 e. The van der Waals surface area contributed by atoms with E-state index in [0.29, 0.717) is 17.2 Å². The molecule has 24 heavy (non-hydrogen) atoms. The number of aromatic nitrogens is 3. The Labute approximate surface area is 146 Å². The number of halogens is 2. The number of anilines is 1. The van der Waals surface area contributed by atoms with Crippen LogP contribution in [-0.2, 0) is 0 Å². The van der Waals surface area contributed by atoms with Crippen molar-refractivity contribution in [1.29, 1.82) is 0 Å². The van der Waals surface area contributed by atoms with Crippen molar-refractivity contribution >= 4 is 27.5 Å². The van der Waals surface area contributed by atoms with E-state index in [1.165, 1.54) is 16.8 Å². The van der Waals surface area contributed by atoms with Gasteiger partial charge in [0.1, 0.15) is 11.6 Å². The second-order valence-corrected chi connectivity index (χ2v) is 6.16. The van der Waals surface area contributed by atoms with Gasteiger partial charge in [-0.2, -0.15) is 0 Å². The van der Waals surface area contributed by atoms with Crippen molar-refractivity contribution in [2.45, 2.75) is 13.8 Å². The number of carbonyl (C=O) groups is 1. The monoisotopic (exact) mass is 388 g/mol. The summed E-state index contributed by atoms with van der Waals surface area (Å²) in [6.07, 6.45) is 0. The second kappa shape index (κ2) is 6.52. The molecule has 1 N–H and O–H groups in total. The lowest BCUT2D eigenvalue weighted by molar-refractivity contribution is 0.101. The van der Waals surface area contributed by atoms with Crippen molar-refractivity contribution in [3.63, 3.8) is 0 Å². The highest BCUT2D eigenvalue weighted by Gasteiger charge is 2.16. The summed E-state index contributed by atoms with van der Waals surface area (Å²) in [5, 5.41) is 6.98. The van der Waals surface area contributed by atoms with E-state index in [4.69, 9.17) is 0 Å². The van der Waals surface area contributed by atoms with Gasteiger partial charge in [-0.05, 0) is 71.7 Å². The van der Waals surface area contributed by atoms with Crippen LogP contribution < -0.4 is 5.32 Å². The molecule has 5 nitrogen and oxygen atoms in total. The molecule has 0 aliphatic rings. The Kier molecular flexibility index (Phi) is 4.44. The standard InChI is InChI=1S/C17H14BrFN4O/c1-10-3-8-15(14(18)9-10)21-17(24)16-20-11(2)23(22-16)13-6-4-12(19)5-7-13/h3-9H,1-2H3,(H,21,24). The third kappa shape index (κ3) is 3.35. The maximum absolute atomic E-state index is 13.0. The Morgan fingerprint density at radius 1 is 1.17 bits per heavy atom. The number of nitrogens with one attached hydrogen (secondary N) is 1. The number of hydrogen-bond donors (Lipinski definition) is 1. The van der Waals surface area contributed by atoms with Gasteiger partial charge >= 0.3 is 0 Å². The van der Waals surface area contributed by atoms with E-state index in [-0.39, 0.29) is 11.6 Å². The van der Waals surface area contributed by atoms with E-state index < -0.39 is 5.91 Å². The normalized spacial score (nSPS) is 10.7. The third-order valence-electron chi connectivity index (χ3n) is 3.42. The first-order valence-electron chi connectivity index (χ1n) is 7.21. The predicted octanol–water partition coefficient (Wildman–Crippen LogP) is 4.04. The molecule has 0 saturated carbocycles. The van der Waals surface area contributed by atoms with E-state index in [2.05, 4.69) is 31.3 Å². The lowest BCUT2D eigenvalue weighted by Gasteiger charge is -2.06. The van der Waals surface area contributed by atoms with Crippen molar-refractivity contribution in [3.05, 3.63) is 70.0 Å². The molecular formula is C17H14BrFN4O. The number of rotatable bonds is 3. The molecule has 0 saturated heterocycles. The van der Waals surface area contributed by atoms with Crippen molar-refractivity contribution in [1.82, 2.24) is 14.8 Å². The highest BCUT2D eigenvalue weighted by Crippen LogP contribution is 2.23. The molecule has 3 aromatic rings. The van der Waals surface area contributed by atoms with Crippen LogP contribution in [0.4, 0.5) is 10.1 Å². The van der Waals surface area contributed by atoms with E-state index in [1.54, 1.807) is 25.1 Å². The first kappa shape index (κ1) is 16.3. The Hall–Kier alpha value is -2.54. The van der Waals surface area contributed by atoms with Gasteiger partial charge in [0.15, 0.2) is 0 Å². The van der Waals surface area contributed by atoms with E-state index in [0.717, 1.165) is 10.0 Å². The van der Waals surface area contributed by atoms with Gasteiger partial charge < -0.3 is 5.32 Å². The van der Waals surface area contributed by atoms with Crippen LogP contribution in [0.1, 0.15) is 22.0 Å². The molecule has 0 radical (unpaired) electrons. The molecule has 0 unspecified atom stereocenters. The summed E-state index contributed by atoms with van der Waals surface area (Å²) >= 11 is 3.42. The van der Waals surface area contributed by atoms with Gasteiger partial charge in [0, 0.05) is 4.47 Å². The van der Waals surface area contributed by atoms with Gasteiger partial charge in [-0.25, -0.2) is 14.1 Å². The third-order valence-corrected chi connectivity index (χ3v) is 4.07. The van der Waals surface area contributed by atoms with Gasteiger partial charge in [-0.15, -0.1) is 5.10 Å². The van der Waals surface area contributed by atoms with Gasteiger partial charge in [0.2, 0.25) is 5.82 Å². The van der Waals surface area contributed by atoms with Crippen molar-refractivity contribution in [2.75, 3.05) is 5.32 Å². The van der Waals surface area contributed by atoms with Gasteiger partial charge in [0.25, 0.3) is 5.91 Å². The zero-order valence-electron chi connectivity index (χ0n) is 13.0. The van der Waals surface area contributed by atoms with E-state index in [9.17, 15) is 9.18 Å². The minimum Gasteiger partial charge on any atom is -0.318 e. The molecule has 0 bridgehead atoms. The molecule has 1 aromatic heterocycles. The summed E-state index contributed by atoms with van der Waals surface area (Å²) in [6.45, 7) is 3.70. The lowest BCUT2D eigenvalue weighted by Crippen LogP contribution is -2.14. The summed E-state index contributed by atoms with van der Waals surface area (Å²) in [6, 6.07) is 11.4. The van der Waals surface area contributed by atoms with Gasteiger partial charge in [-0.1, -0.05) is 6.07 Å². The van der Waals surface area contributed by atoms with Gasteiger partial charge in [0.05, 0.1) is 11.4 Å². The molecular weight excluding hydrogens is 375 g/mol. The molecule has 1 amide bonds. The zero-order chi connectivity index (χ0) is 17.3. The Balaban J connectivity index is 1.86. The maximum atomic E-state index is 13.0. The van der Waals surface area contributed by atoms with Crippen LogP contribution in [0, 0.1) is 19.7 Å². The quantitative estimate of drug-likeness (QED) is 0.736. The Bertz CT molecular complexity index is 905. The minimum atomic E-state index is -0.413. The summed E-state index contributed by atoms with van der Waals surface area (Å²) in [5.41, 5.74) is 2.35. The number of hydrogen-bond acceptors (Lipinski definition) is 3. The van der Waals surface area contributed by atoms with Crippen LogP contribution in [-0.4, -0.2) is 20.7 Å². The molecule has 2 aromatic carbocycles.